The molecule has 0 unspecified atom stereocenters. The summed E-state index contributed by atoms with van der Waals surface area (Å²) in [7, 11) is -3.66. The number of anilines is 1. The Hall–Kier alpha value is -3.06. The van der Waals surface area contributed by atoms with E-state index in [1.54, 1.807) is 19.1 Å². The lowest BCUT2D eigenvalue weighted by atomic mass is 10.1. The molecule has 6 nitrogen and oxygen atoms in total. The van der Waals surface area contributed by atoms with E-state index in [1.807, 2.05) is 62.4 Å². The van der Waals surface area contributed by atoms with Crippen LogP contribution < -0.4 is 14.4 Å². The number of ether oxygens (including phenoxy) is 1. The minimum atomic E-state index is -3.66. The van der Waals surface area contributed by atoms with E-state index in [0.29, 0.717) is 12.1 Å². The molecule has 0 saturated carbocycles. The fourth-order valence-electron chi connectivity index (χ4n) is 3.91. The number of fused-ring (bicyclic) bond motifs is 1. The van der Waals surface area contributed by atoms with Crippen LogP contribution in [0.3, 0.4) is 0 Å². The summed E-state index contributed by atoms with van der Waals surface area (Å²) in [4.78, 5) is 13.0. The van der Waals surface area contributed by atoms with Crippen LogP contribution in [0, 0.1) is 13.8 Å². The van der Waals surface area contributed by atoms with E-state index >= 15 is 0 Å². The van der Waals surface area contributed by atoms with Crippen molar-refractivity contribution in [3.63, 3.8) is 0 Å². The summed E-state index contributed by atoms with van der Waals surface area (Å²) in [5, 5.41) is 4.92. The van der Waals surface area contributed by atoms with Crippen LogP contribution in [0.2, 0.25) is 0 Å². The lowest BCUT2D eigenvalue weighted by molar-refractivity contribution is -0.122. The summed E-state index contributed by atoms with van der Waals surface area (Å²) >= 11 is 0. The van der Waals surface area contributed by atoms with Gasteiger partial charge in [-0.1, -0.05) is 49.4 Å². The molecule has 0 aromatic heterocycles. The van der Waals surface area contributed by atoms with E-state index in [9.17, 15) is 13.2 Å². The van der Waals surface area contributed by atoms with Crippen molar-refractivity contribution in [3.8, 4) is 5.75 Å². The number of nitrogens with one attached hydrogen (secondary N) is 1. The second kappa shape index (κ2) is 10.0. The lowest BCUT2D eigenvalue weighted by Crippen LogP contribution is -2.50. The molecule has 1 amide bonds. The molecule has 170 valence electrons. The second-order valence-corrected chi connectivity index (χ2v) is 9.80. The molecule has 0 bridgehead atoms. The zero-order valence-corrected chi connectivity index (χ0v) is 19.8. The van der Waals surface area contributed by atoms with Gasteiger partial charge >= 0.3 is 0 Å². The number of amides is 1. The molecule has 0 heterocycles. The molecule has 0 spiro atoms. The Morgan fingerprint density at radius 3 is 2.34 bits per heavy atom. The van der Waals surface area contributed by atoms with Gasteiger partial charge in [0.25, 0.3) is 0 Å². The number of benzene rings is 3. The van der Waals surface area contributed by atoms with E-state index in [0.717, 1.165) is 33.9 Å². The van der Waals surface area contributed by atoms with Crippen LogP contribution in [0.1, 0.15) is 24.5 Å². The largest absolute Gasteiger partial charge is 0.491 e. The third-order valence-corrected chi connectivity index (χ3v) is 6.38. The Balaban J connectivity index is 1.70. The summed E-state index contributed by atoms with van der Waals surface area (Å²) in [5.41, 5.74) is 2.37. The number of carbonyl (C=O) groups is 1. The Labute approximate surface area is 190 Å². The quantitative estimate of drug-likeness (QED) is 0.492. The first kappa shape index (κ1) is 23.6. The maximum absolute atomic E-state index is 13.0. The fraction of sp³-hybridized carbons (Fsp3) is 0.320. The van der Waals surface area contributed by atoms with Gasteiger partial charge in [-0.25, -0.2) is 8.42 Å². The van der Waals surface area contributed by atoms with Gasteiger partial charge in [0.15, 0.2) is 0 Å². The molecule has 3 aromatic carbocycles. The topological polar surface area (TPSA) is 75.7 Å². The van der Waals surface area contributed by atoms with E-state index in [2.05, 4.69) is 5.32 Å². The van der Waals surface area contributed by atoms with E-state index in [-0.39, 0.29) is 19.1 Å². The number of aryl methyl sites for hydroxylation is 2. The first-order valence-corrected chi connectivity index (χ1v) is 12.5. The molecule has 1 atom stereocenters. The predicted molar refractivity (Wildman–Crippen MR) is 130 cm³/mol. The number of hydrogen-bond acceptors (Lipinski definition) is 4. The highest BCUT2D eigenvalue weighted by atomic mass is 32.2. The molecule has 1 N–H and O–H groups in total. The summed E-state index contributed by atoms with van der Waals surface area (Å²) in [6.07, 6.45) is 1.47. The Bertz CT molecular complexity index is 1180. The minimum absolute atomic E-state index is 0.267. The maximum Gasteiger partial charge on any atom is 0.244 e. The van der Waals surface area contributed by atoms with Gasteiger partial charge in [-0.2, -0.15) is 0 Å². The summed E-state index contributed by atoms with van der Waals surface area (Å²) < 4.78 is 32.3. The molecule has 0 aliphatic carbocycles. The standard InChI is InChI=1S/C25H30N2O4S/c1-5-23(27(32(4,29)30)21-16-18(2)15-19(3)17-21)25(28)26-13-14-31-24-12-8-10-20-9-6-7-11-22(20)24/h6-12,15-17,23H,5,13-14H2,1-4H3,(H,26,28)/t23-/m1/s1. The fourth-order valence-corrected chi connectivity index (χ4v) is 5.11. The smallest absolute Gasteiger partial charge is 0.244 e. The van der Waals surface area contributed by atoms with Gasteiger partial charge in [0.2, 0.25) is 15.9 Å². The zero-order chi connectivity index (χ0) is 23.3. The van der Waals surface area contributed by atoms with Crippen molar-refractivity contribution >= 4 is 32.4 Å². The first-order valence-electron chi connectivity index (χ1n) is 10.7. The van der Waals surface area contributed by atoms with Crippen LogP contribution in [0.5, 0.6) is 5.75 Å². The maximum atomic E-state index is 13.0. The van der Waals surface area contributed by atoms with Crippen molar-refractivity contribution in [3.05, 3.63) is 71.8 Å². The number of sulfonamides is 1. The Kier molecular flexibility index (Phi) is 7.40. The van der Waals surface area contributed by atoms with Crippen molar-refractivity contribution in [1.29, 1.82) is 0 Å². The van der Waals surface area contributed by atoms with Crippen molar-refractivity contribution < 1.29 is 17.9 Å². The van der Waals surface area contributed by atoms with Gasteiger partial charge in [0.1, 0.15) is 18.4 Å². The van der Waals surface area contributed by atoms with Gasteiger partial charge in [0.05, 0.1) is 18.5 Å². The predicted octanol–water partition coefficient (Wildman–Crippen LogP) is 4.20. The van der Waals surface area contributed by atoms with Crippen LogP contribution in [0.4, 0.5) is 5.69 Å². The molecular formula is C25H30N2O4S. The summed E-state index contributed by atoms with van der Waals surface area (Å²) in [5.74, 6) is 0.399. The van der Waals surface area contributed by atoms with Crippen molar-refractivity contribution in [1.82, 2.24) is 5.32 Å². The molecule has 3 aromatic rings. The van der Waals surface area contributed by atoms with Crippen LogP contribution in [0.15, 0.2) is 60.7 Å². The normalized spacial score (nSPS) is 12.4. The van der Waals surface area contributed by atoms with Gasteiger partial charge in [-0.15, -0.1) is 0 Å². The zero-order valence-electron chi connectivity index (χ0n) is 19.0. The van der Waals surface area contributed by atoms with Crippen molar-refractivity contribution in [2.45, 2.75) is 33.2 Å². The molecule has 0 fully saturated rings. The molecule has 0 radical (unpaired) electrons. The molecule has 32 heavy (non-hydrogen) atoms. The van der Waals surface area contributed by atoms with E-state index in [1.165, 1.54) is 4.31 Å². The molecule has 0 aliphatic rings. The molecule has 3 rings (SSSR count). The molecule has 7 heteroatoms. The van der Waals surface area contributed by atoms with Gasteiger partial charge in [-0.3, -0.25) is 9.10 Å². The highest BCUT2D eigenvalue weighted by molar-refractivity contribution is 7.92. The van der Waals surface area contributed by atoms with Gasteiger partial charge in [0, 0.05) is 5.39 Å². The van der Waals surface area contributed by atoms with Gasteiger partial charge in [-0.05, 0) is 55.0 Å². The number of hydrogen-bond donors (Lipinski definition) is 1. The summed E-state index contributed by atoms with van der Waals surface area (Å²) in [6.45, 7) is 6.16. The van der Waals surface area contributed by atoms with Crippen molar-refractivity contribution in [2.24, 2.45) is 0 Å². The summed E-state index contributed by atoms with van der Waals surface area (Å²) in [6, 6.07) is 18.5. The van der Waals surface area contributed by atoms with Crippen LogP contribution >= 0.6 is 0 Å². The van der Waals surface area contributed by atoms with Gasteiger partial charge < -0.3 is 10.1 Å². The SMILES string of the molecule is CC[C@H](C(=O)NCCOc1cccc2ccccc12)N(c1cc(C)cc(C)c1)S(C)(=O)=O. The van der Waals surface area contributed by atoms with E-state index in [4.69, 9.17) is 4.74 Å². The highest BCUT2D eigenvalue weighted by Crippen LogP contribution is 2.26. The number of nitrogens with zero attached hydrogens (tertiary/aromatic N) is 1. The average molecular weight is 455 g/mol. The average Bonchev–Trinajstić information content (AvgIpc) is 2.73. The number of rotatable bonds is 9. The number of carbonyl (C=O) groups excluding carboxylic acids is 1. The molecule has 0 saturated heterocycles. The molecule has 0 aliphatic heterocycles. The van der Waals surface area contributed by atoms with Crippen LogP contribution in [0.25, 0.3) is 10.8 Å². The van der Waals surface area contributed by atoms with E-state index < -0.39 is 16.1 Å². The Morgan fingerprint density at radius 1 is 1.03 bits per heavy atom. The highest BCUT2D eigenvalue weighted by Gasteiger charge is 2.31. The third-order valence-electron chi connectivity index (χ3n) is 5.20. The monoisotopic (exact) mass is 454 g/mol. The van der Waals surface area contributed by atoms with Crippen LogP contribution in [-0.2, 0) is 14.8 Å². The first-order chi connectivity index (χ1) is 15.2. The Morgan fingerprint density at radius 2 is 1.69 bits per heavy atom. The molecular weight excluding hydrogens is 424 g/mol. The van der Waals surface area contributed by atoms with Crippen LogP contribution in [-0.4, -0.2) is 39.8 Å². The second-order valence-electron chi connectivity index (χ2n) is 7.95. The third kappa shape index (κ3) is 5.59. The minimum Gasteiger partial charge on any atom is -0.491 e. The lowest BCUT2D eigenvalue weighted by Gasteiger charge is -2.30. The van der Waals surface area contributed by atoms with Crippen molar-refractivity contribution in [2.75, 3.05) is 23.7 Å².